The molecule has 25 heavy (non-hydrogen) atoms. The summed E-state index contributed by atoms with van der Waals surface area (Å²) in [4.78, 5) is 29.5. The number of nitrogens with zero attached hydrogens (tertiary/aromatic N) is 2. The van der Waals surface area contributed by atoms with Crippen LogP contribution in [0.5, 0.6) is 0 Å². The van der Waals surface area contributed by atoms with Crippen LogP contribution in [0.4, 0.5) is 11.4 Å². The first-order valence-corrected chi connectivity index (χ1v) is 9.27. The summed E-state index contributed by atoms with van der Waals surface area (Å²) in [5.74, 6) is 0.152. The lowest BCUT2D eigenvalue weighted by Crippen LogP contribution is -2.50. The van der Waals surface area contributed by atoms with E-state index in [1.54, 1.807) is 0 Å². The topological polar surface area (TPSA) is 66.6 Å². The normalized spacial score (nSPS) is 21.0. The highest BCUT2D eigenvalue weighted by Gasteiger charge is 2.36. The smallest absolute Gasteiger partial charge is 0.231 e. The molecule has 1 aromatic rings. The fraction of sp³-hybridized carbons (Fsp3) is 0.600. The summed E-state index contributed by atoms with van der Waals surface area (Å²) in [7, 11) is 0. The maximum absolute atomic E-state index is 13.2. The molecule has 0 bridgehead atoms. The zero-order valence-corrected chi connectivity index (χ0v) is 15.5. The molecule has 0 saturated carbocycles. The first-order chi connectivity index (χ1) is 11.8. The van der Waals surface area contributed by atoms with Gasteiger partial charge >= 0.3 is 0 Å². The molecule has 2 aliphatic heterocycles. The number of benzene rings is 1. The molecule has 136 valence electrons. The molecule has 2 aliphatic rings. The van der Waals surface area contributed by atoms with Crippen LogP contribution < -0.4 is 10.6 Å². The van der Waals surface area contributed by atoms with E-state index in [2.05, 4.69) is 0 Å². The van der Waals surface area contributed by atoms with E-state index in [4.69, 9.17) is 5.73 Å². The van der Waals surface area contributed by atoms with Crippen LogP contribution in [0.2, 0.25) is 0 Å². The Morgan fingerprint density at radius 3 is 2.64 bits per heavy atom. The Balaban J connectivity index is 1.78. The predicted molar refractivity (Wildman–Crippen MR) is 100 cm³/mol. The number of nitrogen functional groups attached to an aromatic ring is 1. The molecule has 1 unspecified atom stereocenters. The molecule has 1 saturated heterocycles. The number of likely N-dealkylation sites (tertiary alicyclic amines) is 1. The molecule has 3 rings (SSSR count). The lowest BCUT2D eigenvalue weighted by atomic mass is 9.90. The first kappa shape index (κ1) is 17.8. The highest BCUT2D eigenvalue weighted by molar-refractivity contribution is 5.97. The maximum Gasteiger partial charge on any atom is 0.231 e. The summed E-state index contributed by atoms with van der Waals surface area (Å²) in [6, 6.07) is 5.80. The van der Waals surface area contributed by atoms with Crippen LogP contribution in [-0.4, -0.2) is 36.3 Å². The molecule has 1 aromatic carbocycles. The highest BCUT2D eigenvalue weighted by atomic mass is 16.2. The summed E-state index contributed by atoms with van der Waals surface area (Å²) in [5.41, 5.74) is 8.50. The monoisotopic (exact) mass is 343 g/mol. The van der Waals surface area contributed by atoms with Gasteiger partial charge in [-0.1, -0.05) is 26.8 Å². The summed E-state index contributed by atoms with van der Waals surface area (Å²) in [6.45, 7) is 7.82. The van der Waals surface area contributed by atoms with Gasteiger partial charge in [-0.25, -0.2) is 0 Å². The Kier molecular flexibility index (Phi) is 4.76. The summed E-state index contributed by atoms with van der Waals surface area (Å²) in [5, 5.41) is 0. The number of anilines is 2. The van der Waals surface area contributed by atoms with Crippen molar-refractivity contribution in [1.82, 2.24) is 4.90 Å². The molecule has 2 N–H and O–H groups in total. The zero-order valence-electron chi connectivity index (χ0n) is 15.5. The van der Waals surface area contributed by atoms with Crippen LogP contribution in [0.1, 0.15) is 45.6 Å². The number of fused-ring (bicyclic) bond motifs is 1. The third-order valence-corrected chi connectivity index (χ3v) is 5.25. The van der Waals surface area contributed by atoms with Gasteiger partial charge in [0.25, 0.3) is 0 Å². The molecule has 0 spiro atoms. The van der Waals surface area contributed by atoms with E-state index in [0.29, 0.717) is 6.54 Å². The van der Waals surface area contributed by atoms with Crippen molar-refractivity contribution in [1.29, 1.82) is 0 Å². The molecule has 0 radical (unpaired) electrons. The first-order valence-electron chi connectivity index (χ1n) is 9.27. The predicted octanol–water partition coefficient (Wildman–Crippen LogP) is 2.83. The molecule has 1 fully saturated rings. The third-order valence-electron chi connectivity index (χ3n) is 5.25. The van der Waals surface area contributed by atoms with Crippen molar-refractivity contribution in [2.75, 3.05) is 30.3 Å². The maximum atomic E-state index is 13.2. The van der Waals surface area contributed by atoms with Gasteiger partial charge < -0.3 is 15.5 Å². The largest absolute Gasteiger partial charge is 0.398 e. The van der Waals surface area contributed by atoms with Crippen LogP contribution in [0.15, 0.2) is 18.2 Å². The summed E-state index contributed by atoms with van der Waals surface area (Å²) in [6.07, 6.45) is 3.59. The van der Waals surface area contributed by atoms with Gasteiger partial charge in [0.1, 0.15) is 0 Å². The van der Waals surface area contributed by atoms with Crippen molar-refractivity contribution < 1.29 is 9.59 Å². The van der Waals surface area contributed by atoms with Crippen molar-refractivity contribution in [3.05, 3.63) is 23.8 Å². The SMILES string of the molecule is CC(C)(C)C(=O)N1CCCC(C(=O)N2CCCc3c(N)cccc32)C1. The second kappa shape index (κ2) is 6.70. The second-order valence-electron chi connectivity index (χ2n) is 8.28. The molecule has 5 heteroatoms. The molecule has 5 nitrogen and oxygen atoms in total. The number of hydrogen-bond donors (Lipinski definition) is 1. The molecule has 0 aliphatic carbocycles. The van der Waals surface area contributed by atoms with Crippen LogP contribution in [-0.2, 0) is 16.0 Å². The minimum Gasteiger partial charge on any atom is -0.398 e. The molecule has 2 heterocycles. The number of piperidine rings is 1. The average molecular weight is 343 g/mol. The lowest BCUT2D eigenvalue weighted by Gasteiger charge is -2.39. The van der Waals surface area contributed by atoms with E-state index in [0.717, 1.165) is 55.7 Å². The van der Waals surface area contributed by atoms with E-state index < -0.39 is 5.41 Å². The fourth-order valence-electron chi connectivity index (χ4n) is 3.94. The van der Waals surface area contributed by atoms with Crippen LogP contribution in [0, 0.1) is 11.3 Å². The van der Waals surface area contributed by atoms with E-state index in [-0.39, 0.29) is 17.7 Å². The molecular weight excluding hydrogens is 314 g/mol. The van der Waals surface area contributed by atoms with Gasteiger partial charge in [0, 0.05) is 36.4 Å². The Bertz CT molecular complexity index is 678. The minimum absolute atomic E-state index is 0.118. The molecule has 2 amide bonds. The van der Waals surface area contributed by atoms with E-state index in [1.165, 1.54) is 0 Å². The van der Waals surface area contributed by atoms with Gasteiger partial charge in [-0.15, -0.1) is 0 Å². The number of nitrogens with two attached hydrogens (primary N) is 1. The number of hydrogen-bond acceptors (Lipinski definition) is 3. The molecule has 1 atom stereocenters. The van der Waals surface area contributed by atoms with Gasteiger partial charge in [0.2, 0.25) is 11.8 Å². The summed E-state index contributed by atoms with van der Waals surface area (Å²) >= 11 is 0. The minimum atomic E-state index is -0.406. The van der Waals surface area contributed by atoms with Gasteiger partial charge in [-0.2, -0.15) is 0 Å². The second-order valence-corrected chi connectivity index (χ2v) is 8.28. The van der Waals surface area contributed by atoms with Gasteiger partial charge in [0.15, 0.2) is 0 Å². The lowest BCUT2D eigenvalue weighted by molar-refractivity contribution is -0.142. The Morgan fingerprint density at radius 1 is 1.16 bits per heavy atom. The zero-order chi connectivity index (χ0) is 18.2. The van der Waals surface area contributed by atoms with Crippen LogP contribution >= 0.6 is 0 Å². The van der Waals surface area contributed by atoms with Crippen molar-refractivity contribution in [2.45, 2.75) is 46.5 Å². The van der Waals surface area contributed by atoms with Crippen LogP contribution in [0.25, 0.3) is 0 Å². The van der Waals surface area contributed by atoms with Crippen molar-refractivity contribution in [3.63, 3.8) is 0 Å². The van der Waals surface area contributed by atoms with Gasteiger partial charge in [0.05, 0.1) is 5.92 Å². The number of carbonyl (C=O) groups is 2. The van der Waals surface area contributed by atoms with Crippen molar-refractivity contribution in [2.24, 2.45) is 11.3 Å². The Hall–Kier alpha value is -2.04. The van der Waals surface area contributed by atoms with Gasteiger partial charge in [-0.3, -0.25) is 9.59 Å². The third kappa shape index (κ3) is 3.51. The average Bonchev–Trinajstić information content (AvgIpc) is 2.60. The standard InChI is InChI=1S/C20H29N3O2/c1-20(2,3)19(25)22-11-5-7-14(13-22)18(24)23-12-6-8-15-16(21)9-4-10-17(15)23/h4,9-10,14H,5-8,11-13,21H2,1-3H3. The Morgan fingerprint density at radius 2 is 1.92 bits per heavy atom. The van der Waals surface area contributed by atoms with Crippen LogP contribution in [0.3, 0.4) is 0 Å². The Labute approximate surface area is 150 Å². The van der Waals surface area contributed by atoms with E-state index in [9.17, 15) is 9.59 Å². The van der Waals surface area contributed by atoms with E-state index >= 15 is 0 Å². The quantitative estimate of drug-likeness (QED) is 0.797. The van der Waals surface area contributed by atoms with Crippen molar-refractivity contribution in [3.8, 4) is 0 Å². The fourth-order valence-corrected chi connectivity index (χ4v) is 3.94. The van der Waals surface area contributed by atoms with E-state index in [1.807, 2.05) is 48.8 Å². The highest BCUT2D eigenvalue weighted by Crippen LogP contribution is 2.33. The van der Waals surface area contributed by atoms with Crippen molar-refractivity contribution >= 4 is 23.2 Å². The molecule has 0 aromatic heterocycles. The van der Waals surface area contributed by atoms with Gasteiger partial charge in [-0.05, 0) is 43.4 Å². The number of amides is 2. The molecular formula is C20H29N3O2. The summed E-state index contributed by atoms with van der Waals surface area (Å²) < 4.78 is 0. The number of rotatable bonds is 1. The number of carbonyl (C=O) groups excluding carboxylic acids is 2.